The highest BCUT2D eigenvalue weighted by Gasteiger charge is 2.16. The van der Waals surface area contributed by atoms with E-state index in [1.54, 1.807) is 6.92 Å². The van der Waals surface area contributed by atoms with Gasteiger partial charge < -0.3 is 4.74 Å². The summed E-state index contributed by atoms with van der Waals surface area (Å²) in [6, 6.07) is 0. The van der Waals surface area contributed by atoms with Crippen LogP contribution in [0.2, 0.25) is 0 Å². The Labute approximate surface area is 88.7 Å². The molecule has 14 heavy (non-hydrogen) atoms. The molecule has 84 valence electrons. The third-order valence-corrected chi connectivity index (χ3v) is 3.77. The van der Waals surface area contributed by atoms with Crippen LogP contribution in [0.15, 0.2) is 0 Å². The Kier molecular flexibility index (Phi) is 6.79. The van der Waals surface area contributed by atoms with Crippen molar-refractivity contribution in [3.8, 4) is 0 Å². The standard InChI is InChI=1S/C10H20O3S/c1-5-13-10(11)6-9(4)14(12)7-8(2)3/h8-9H,5-7H2,1-4H3. The van der Waals surface area contributed by atoms with Crippen molar-refractivity contribution in [3.05, 3.63) is 0 Å². The monoisotopic (exact) mass is 220 g/mol. The van der Waals surface area contributed by atoms with E-state index in [-0.39, 0.29) is 17.6 Å². The van der Waals surface area contributed by atoms with Crippen molar-refractivity contribution in [1.82, 2.24) is 0 Å². The molecule has 0 bridgehead atoms. The summed E-state index contributed by atoms with van der Waals surface area (Å²) >= 11 is 0. The molecule has 0 aromatic carbocycles. The summed E-state index contributed by atoms with van der Waals surface area (Å²) in [7, 11) is -0.920. The predicted molar refractivity (Wildman–Crippen MR) is 58.6 cm³/mol. The number of carbonyl (C=O) groups is 1. The molecule has 4 heteroatoms. The van der Waals surface area contributed by atoms with Gasteiger partial charge >= 0.3 is 5.97 Å². The second-order valence-corrected chi connectivity index (χ2v) is 5.66. The molecule has 0 radical (unpaired) electrons. The lowest BCUT2D eigenvalue weighted by atomic mass is 10.3. The van der Waals surface area contributed by atoms with E-state index in [1.807, 2.05) is 20.8 Å². The summed E-state index contributed by atoms with van der Waals surface area (Å²) in [4.78, 5) is 11.1. The number of carbonyl (C=O) groups excluding carboxylic acids is 1. The van der Waals surface area contributed by atoms with Crippen molar-refractivity contribution in [2.45, 2.75) is 39.4 Å². The lowest BCUT2D eigenvalue weighted by Crippen LogP contribution is -2.21. The van der Waals surface area contributed by atoms with Gasteiger partial charge in [0.15, 0.2) is 0 Å². The number of rotatable bonds is 6. The molecule has 0 N–H and O–H groups in total. The molecule has 2 atom stereocenters. The van der Waals surface area contributed by atoms with Crippen molar-refractivity contribution >= 4 is 16.8 Å². The van der Waals surface area contributed by atoms with Crippen LogP contribution in [0.4, 0.5) is 0 Å². The summed E-state index contributed by atoms with van der Waals surface area (Å²) in [5.41, 5.74) is 0. The molecule has 3 nitrogen and oxygen atoms in total. The molecule has 0 aliphatic carbocycles. The predicted octanol–water partition coefficient (Wildman–Crippen LogP) is 1.73. The van der Waals surface area contributed by atoms with Crippen molar-refractivity contribution in [2.24, 2.45) is 5.92 Å². The van der Waals surface area contributed by atoms with Gasteiger partial charge in [-0.3, -0.25) is 9.00 Å². The van der Waals surface area contributed by atoms with E-state index in [0.29, 0.717) is 18.3 Å². The molecule has 0 heterocycles. The van der Waals surface area contributed by atoms with E-state index in [0.717, 1.165) is 0 Å². The van der Waals surface area contributed by atoms with Crippen LogP contribution in [0.3, 0.4) is 0 Å². The molecule has 0 saturated heterocycles. The lowest BCUT2D eigenvalue weighted by molar-refractivity contribution is -0.143. The highest BCUT2D eigenvalue weighted by atomic mass is 32.2. The van der Waals surface area contributed by atoms with Gasteiger partial charge in [-0.1, -0.05) is 20.8 Å². The van der Waals surface area contributed by atoms with E-state index in [4.69, 9.17) is 4.74 Å². The van der Waals surface area contributed by atoms with Crippen LogP contribution in [0.5, 0.6) is 0 Å². The van der Waals surface area contributed by atoms with E-state index in [1.165, 1.54) is 0 Å². The number of hydrogen-bond acceptors (Lipinski definition) is 3. The topological polar surface area (TPSA) is 43.4 Å². The zero-order valence-corrected chi connectivity index (χ0v) is 10.2. The van der Waals surface area contributed by atoms with Crippen LogP contribution in [0.1, 0.15) is 34.1 Å². The van der Waals surface area contributed by atoms with Gasteiger partial charge in [-0.15, -0.1) is 0 Å². The largest absolute Gasteiger partial charge is 0.466 e. The Hall–Kier alpha value is -0.380. The first-order valence-electron chi connectivity index (χ1n) is 5.00. The Morgan fingerprint density at radius 2 is 1.93 bits per heavy atom. The highest BCUT2D eigenvalue weighted by Crippen LogP contribution is 2.07. The average Bonchev–Trinajstić information content (AvgIpc) is 2.02. The Morgan fingerprint density at radius 1 is 1.36 bits per heavy atom. The van der Waals surface area contributed by atoms with E-state index in [9.17, 15) is 9.00 Å². The van der Waals surface area contributed by atoms with Gasteiger partial charge in [0.25, 0.3) is 0 Å². The van der Waals surface area contributed by atoms with Crippen LogP contribution < -0.4 is 0 Å². The average molecular weight is 220 g/mol. The molecular weight excluding hydrogens is 200 g/mol. The first kappa shape index (κ1) is 13.6. The van der Waals surface area contributed by atoms with Gasteiger partial charge in [0.05, 0.1) is 13.0 Å². The maximum absolute atomic E-state index is 11.6. The minimum Gasteiger partial charge on any atom is -0.466 e. The fraction of sp³-hybridized carbons (Fsp3) is 0.900. The lowest BCUT2D eigenvalue weighted by Gasteiger charge is -2.12. The zero-order chi connectivity index (χ0) is 11.1. The smallest absolute Gasteiger partial charge is 0.306 e. The Bertz CT molecular complexity index is 202. The molecule has 0 amide bonds. The van der Waals surface area contributed by atoms with Gasteiger partial charge in [-0.05, 0) is 12.8 Å². The van der Waals surface area contributed by atoms with E-state index >= 15 is 0 Å². The SMILES string of the molecule is CCOC(=O)CC(C)S(=O)CC(C)C. The summed E-state index contributed by atoms with van der Waals surface area (Å²) in [5.74, 6) is 0.804. The Balaban J connectivity index is 3.88. The molecule has 0 spiro atoms. The van der Waals surface area contributed by atoms with Gasteiger partial charge in [-0.2, -0.15) is 0 Å². The van der Waals surface area contributed by atoms with Crippen LogP contribution in [-0.2, 0) is 20.3 Å². The fourth-order valence-corrected chi connectivity index (χ4v) is 2.35. The molecule has 2 unspecified atom stereocenters. The maximum Gasteiger partial charge on any atom is 0.306 e. The second kappa shape index (κ2) is 6.98. The number of hydrogen-bond donors (Lipinski definition) is 0. The normalized spacial score (nSPS) is 15.2. The maximum atomic E-state index is 11.6. The van der Waals surface area contributed by atoms with Crippen LogP contribution in [-0.4, -0.2) is 27.8 Å². The van der Waals surface area contributed by atoms with Crippen LogP contribution in [0.25, 0.3) is 0 Å². The van der Waals surface area contributed by atoms with Crippen molar-refractivity contribution in [3.63, 3.8) is 0 Å². The summed E-state index contributed by atoms with van der Waals surface area (Å²) in [5, 5.41) is -0.101. The fourth-order valence-electron chi connectivity index (χ4n) is 1.04. The summed E-state index contributed by atoms with van der Waals surface area (Å²) < 4.78 is 16.4. The van der Waals surface area contributed by atoms with Gasteiger partial charge in [0.2, 0.25) is 0 Å². The molecule has 0 aliphatic rings. The molecule has 0 aromatic rings. The highest BCUT2D eigenvalue weighted by molar-refractivity contribution is 7.85. The van der Waals surface area contributed by atoms with Crippen molar-refractivity contribution in [1.29, 1.82) is 0 Å². The quantitative estimate of drug-likeness (QED) is 0.640. The number of esters is 1. The summed E-state index contributed by atoms with van der Waals surface area (Å²) in [6.07, 6.45) is 0.257. The molecule has 0 fully saturated rings. The van der Waals surface area contributed by atoms with Gasteiger partial charge in [-0.25, -0.2) is 0 Å². The van der Waals surface area contributed by atoms with E-state index in [2.05, 4.69) is 0 Å². The molecular formula is C10H20O3S. The number of ether oxygens (including phenoxy) is 1. The third kappa shape index (κ3) is 6.13. The van der Waals surface area contributed by atoms with E-state index < -0.39 is 10.8 Å². The third-order valence-electron chi connectivity index (χ3n) is 1.71. The molecule has 0 rings (SSSR count). The molecule has 0 saturated carbocycles. The van der Waals surface area contributed by atoms with Crippen LogP contribution in [0, 0.1) is 5.92 Å². The zero-order valence-electron chi connectivity index (χ0n) is 9.41. The Morgan fingerprint density at radius 3 is 2.36 bits per heavy atom. The summed E-state index contributed by atoms with van der Waals surface area (Å²) in [6.45, 7) is 8.04. The van der Waals surface area contributed by atoms with Crippen molar-refractivity contribution < 1.29 is 13.7 Å². The van der Waals surface area contributed by atoms with Gasteiger partial charge in [0, 0.05) is 21.8 Å². The van der Waals surface area contributed by atoms with Crippen LogP contribution >= 0.6 is 0 Å². The van der Waals surface area contributed by atoms with Gasteiger partial charge in [0.1, 0.15) is 0 Å². The molecule has 0 aromatic heterocycles. The minimum atomic E-state index is -0.920. The minimum absolute atomic E-state index is 0.101. The first-order valence-corrected chi connectivity index (χ1v) is 6.38. The van der Waals surface area contributed by atoms with Crippen molar-refractivity contribution in [2.75, 3.05) is 12.4 Å². The first-order chi connectivity index (χ1) is 6.47. The molecule has 0 aliphatic heterocycles. The second-order valence-electron chi connectivity index (χ2n) is 3.76.